The monoisotopic (exact) mass is 195 g/mol. The average Bonchev–Trinajstić information content (AvgIpc) is 2.12. The molecule has 0 heterocycles. The average molecular weight is 195 g/mol. The van der Waals surface area contributed by atoms with Gasteiger partial charge in [0.05, 0.1) is 0 Å². The Labute approximate surface area is 89.0 Å². The predicted molar refractivity (Wildman–Crippen MR) is 63.5 cm³/mol. The van der Waals surface area contributed by atoms with Crippen molar-refractivity contribution in [2.24, 2.45) is 5.41 Å². The van der Waals surface area contributed by atoms with Gasteiger partial charge in [0.15, 0.2) is 0 Å². The van der Waals surface area contributed by atoms with Crippen molar-refractivity contribution < 1.29 is 0 Å². The lowest BCUT2D eigenvalue weighted by Crippen LogP contribution is -2.38. The number of nitrogens with one attached hydrogen (secondary N) is 1. The molecule has 0 aromatic heterocycles. The van der Waals surface area contributed by atoms with Gasteiger partial charge in [0, 0.05) is 12.6 Å². The highest BCUT2D eigenvalue weighted by atomic mass is 14.9. The fourth-order valence-electron chi connectivity index (χ4n) is 2.29. The summed E-state index contributed by atoms with van der Waals surface area (Å²) in [6.45, 7) is 12.0. The van der Waals surface area contributed by atoms with E-state index in [4.69, 9.17) is 0 Å². The zero-order chi connectivity index (χ0) is 10.6. The van der Waals surface area contributed by atoms with Crippen LogP contribution >= 0.6 is 0 Å². The van der Waals surface area contributed by atoms with Crippen LogP contribution in [0.5, 0.6) is 0 Å². The Morgan fingerprint density at radius 2 is 2.21 bits per heavy atom. The van der Waals surface area contributed by atoms with E-state index in [-0.39, 0.29) is 0 Å². The first-order valence-corrected chi connectivity index (χ1v) is 5.93. The molecule has 0 spiro atoms. The fourth-order valence-corrected chi connectivity index (χ4v) is 2.29. The summed E-state index contributed by atoms with van der Waals surface area (Å²) in [5, 5.41) is 3.63. The maximum absolute atomic E-state index is 4.03. The summed E-state index contributed by atoms with van der Waals surface area (Å²) in [5.41, 5.74) is 1.87. The lowest BCUT2D eigenvalue weighted by Gasteiger charge is -2.35. The summed E-state index contributed by atoms with van der Waals surface area (Å²) in [6, 6.07) is 0.724. The molecule has 1 aliphatic carbocycles. The van der Waals surface area contributed by atoms with Gasteiger partial charge in [0.1, 0.15) is 0 Å². The fraction of sp³-hybridized carbons (Fsp3) is 0.846. The van der Waals surface area contributed by atoms with Crippen LogP contribution in [0.15, 0.2) is 12.2 Å². The van der Waals surface area contributed by atoms with Gasteiger partial charge in [-0.15, -0.1) is 0 Å². The van der Waals surface area contributed by atoms with Crippen LogP contribution in [0.2, 0.25) is 0 Å². The molecule has 1 rings (SSSR count). The van der Waals surface area contributed by atoms with Gasteiger partial charge in [-0.2, -0.15) is 0 Å². The lowest BCUT2D eigenvalue weighted by molar-refractivity contribution is 0.201. The summed E-state index contributed by atoms with van der Waals surface area (Å²) in [7, 11) is 0. The van der Waals surface area contributed by atoms with Gasteiger partial charge in [-0.3, -0.25) is 0 Å². The van der Waals surface area contributed by atoms with Gasteiger partial charge in [0.2, 0.25) is 0 Å². The van der Waals surface area contributed by atoms with Crippen LogP contribution in [-0.4, -0.2) is 12.6 Å². The molecule has 0 amide bonds. The second-order valence-corrected chi connectivity index (χ2v) is 5.44. The molecule has 0 radical (unpaired) electrons. The highest BCUT2D eigenvalue weighted by molar-refractivity contribution is 4.96. The van der Waals surface area contributed by atoms with Gasteiger partial charge in [-0.05, 0) is 31.1 Å². The lowest BCUT2D eigenvalue weighted by atomic mass is 9.75. The van der Waals surface area contributed by atoms with E-state index in [1.54, 1.807) is 0 Å². The third-order valence-corrected chi connectivity index (χ3v) is 3.35. The molecule has 0 bridgehead atoms. The molecule has 0 aromatic rings. The van der Waals surface area contributed by atoms with Gasteiger partial charge in [0.25, 0.3) is 0 Å². The van der Waals surface area contributed by atoms with Crippen molar-refractivity contribution in [2.45, 2.75) is 58.9 Å². The van der Waals surface area contributed by atoms with Crippen molar-refractivity contribution in [2.75, 3.05) is 6.54 Å². The van der Waals surface area contributed by atoms with Gasteiger partial charge >= 0.3 is 0 Å². The summed E-state index contributed by atoms with van der Waals surface area (Å²) in [6.07, 6.45) is 6.54. The maximum atomic E-state index is 4.03. The Balaban J connectivity index is 2.28. The van der Waals surface area contributed by atoms with E-state index in [0.29, 0.717) is 5.41 Å². The predicted octanol–water partition coefficient (Wildman–Crippen LogP) is 3.51. The van der Waals surface area contributed by atoms with Crippen LogP contribution in [0, 0.1) is 5.41 Å². The molecule has 1 unspecified atom stereocenters. The first kappa shape index (κ1) is 11.8. The standard InChI is InChI=1S/C13H25N/c1-5-11(2)10-14-12-7-6-8-13(3,4)9-12/h12,14H,2,5-10H2,1,3-4H3. The largest absolute Gasteiger partial charge is 0.310 e. The molecule has 82 valence electrons. The Morgan fingerprint density at radius 1 is 1.50 bits per heavy atom. The Morgan fingerprint density at radius 3 is 2.79 bits per heavy atom. The van der Waals surface area contributed by atoms with Crippen LogP contribution < -0.4 is 5.32 Å². The van der Waals surface area contributed by atoms with Gasteiger partial charge in [-0.1, -0.05) is 39.3 Å². The van der Waals surface area contributed by atoms with Crippen LogP contribution in [-0.2, 0) is 0 Å². The number of rotatable bonds is 4. The summed E-state index contributed by atoms with van der Waals surface area (Å²) in [5.74, 6) is 0. The van der Waals surface area contributed by atoms with Crippen molar-refractivity contribution in [1.82, 2.24) is 5.32 Å². The zero-order valence-corrected chi connectivity index (χ0v) is 10.0. The molecule has 14 heavy (non-hydrogen) atoms. The first-order valence-electron chi connectivity index (χ1n) is 5.93. The molecule has 1 saturated carbocycles. The van der Waals surface area contributed by atoms with E-state index < -0.39 is 0 Å². The number of hydrogen-bond donors (Lipinski definition) is 1. The van der Waals surface area contributed by atoms with Crippen molar-refractivity contribution in [1.29, 1.82) is 0 Å². The Bertz CT molecular complexity index is 193. The molecule has 1 atom stereocenters. The maximum Gasteiger partial charge on any atom is 0.0164 e. The molecule has 1 fully saturated rings. The molecule has 1 nitrogen and oxygen atoms in total. The molecule has 0 saturated heterocycles. The highest BCUT2D eigenvalue weighted by Gasteiger charge is 2.27. The molecule has 1 heteroatoms. The molecule has 1 N–H and O–H groups in total. The van der Waals surface area contributed by atoms with Gasteiger partial charge in [-0.25, -0.2) is 0 Å². The molecule has 1 aliphatic rings. The normalized spacial score (nSPS) is 26.1. The number of hydrogen-bond acceptors (Lipinski definition) is 1. The van der Waals surface area contributed by atoms with E-state index >= 15 is 0 Å². The van der Waals surface area contributed by atoms with E-state index in [1.807, 2.05) is 0 Å². The highest BCUT2D eigenvalue weighted by Crippen LogP contribution is 2.35. The summed E-state index contributed by atoms with van der Waals surface area (Å²) in [4.78, 5) is 0. The van der Waals surface area contributed by atoms with Crippen LogP contribution in [0.4, 0.5) is 0 Å². The third kappa shape index (κ3) is 3.83. The molecular formula is C13H25N. The topological polar surface area (TPSA) is 12.0 Å². The van der Waals surface area contributed by atoms with Crippen LogP contribution in [0.3, 0.4) is 0 Å². The quantitative estimate of drug-likeness (QED) is 0.677. The van der Waals surface area contributed by atoms with Crippen molar-refractivity contribution in [3.63, 3.8) is 0 Å². The van der Waals surface area contributed by atoms with E-state index in [2.05, 4.69) is 32.7 Å². The minimum atomic E-state index is 0.545. The van der Waals surface area contributed by atoms with Crippen molar-refractivity contribution in [3.05, 3.63) is 12.2 Å². The van der Waals surface area contributed by atoms with E-state index in [0.717, 1.165) is 19.0 Å². The van der Waals surface area contributed by atoms with Crippen LogP contribution in [0.1, 0.15) is 52.9 Å². The molecule has 0 aliphatic heterocycles. The van der Waals surface area contributed by atoms with Crippen LogP contribution in [0.25, 0.3) is 0 Å². The Kier molecular flexibility index (Phi) is 4.18. The summed E-state index contributed by atoms with van der Waals surface area (Å²) < 4.78 is 0. The van der Waals surface area contributed by atoms with Gasteiger partial charge < -0.3 is 5.32 Å². The molecule has 0 aromatic carbocycles. The van der Waals surface area contributed by atoms with E-state index in [1.165, 1.54) is 31.3 Å². The second-order valence-electron chi connectivity index (χ2n) is 5.44. The SMILES string of the molecule is C=C(CC)CNC1CCCC(C)(C)C1. The van der Waals surface area contributed by atoms with E-state index in [9.17, 15) is 0 Å². The summed E-state index contributed by atoms with van der Waals surface area (Å²) >= 11 is 0. The van der Waals surface area contributed by atoms with Crippen molar-refractivity contribution >= 4 is 0 Å². The molecular weight excluding hydrogens is 170 g/mol. The smallest absolute Gasteiger partial charge is 0.0164 e. The second kappa shape index (κ2) is 4.97. The minimum absolute atomic E-state index is 0.545. The minimum Gasteiger partial charge on any atom is -0.310 e. The zero-order valence-electron chi connectivity index (χ0n) is 10.0. The third-order valence-electron chi connectivity index (χ3n) is 3.35. The first-order chi connectivity index (χ1) is 6.53. The van der Waals surface area contributed by atoms with Crippen molar-refractivity contribution in [3.8, 4) is 0 Å². The Hall–Kier alpha value is -0.300.